The molecule has 1 amide bonds. The maximum absolute atomic E-state index is 13.4. The van der Waals surface area contributed by atoms with Gasteiger partial charge < -0.3 is 24.3 Å². The molecule has 1 saturated heterocycles. The maximum Gasteiger partial charge on any atom is 0.416 e. The second kappa shape index (κ2) is 9.20. The number of rotatable bonds is 5. The van der Waals surface area contributed by atoms with Gasteiger partial charge in [0.1, 0.15) is 11.5 Å². The van der Waals surface area contributed by atoms with Gasteiger partial charge in [0.25, 0.3) is 0 Å². The number of methoxy groups -OCH3 is 1. The zero-order valence-electron chi connectivity index (χ0n) is 19.2. The number of nitrogens with zero attached hydrogens (tertiary/aromatic N) is 2. The molecule has 5 rings (SSSR count). The first kappa shape index (κ1) is 23.1. The number of ether oxygens (including phenoxy) is 1. The Hall–Kier alpha value is -3.62. The van der Waals surface area contributed by atoms with E-state index in [1.807, 2.05) is 24.3 Å². The highest BCUT2D eigenvalue weighted by Crippen LogP contribution is 2.41. The smallest absolute Gasteiger partial charge is 0.416 e. The van der Waals surface area contributed by atoms with Crippen molar-refractivity contribution in [3.05, 3.63) is 77.7 Å². The second-order valence-corrected chi connectivity index (χ2v) is 8.83. The molecular weight excluding hydrogens is 459 g/mol. The van der Waals surface area contributed by atoms with Crippen LogP contribution in [0.3, 0.4) is 0 Å². The quantitative estimate of drug-likeness (QED) is 0.577. The van der Waals surface area contributed by atoms with Crippen LogP contribution in [0, 0.1) is 5.92 Å². The SMILES string of the molecule is COc1ccccc1N1CCN2c3ccc(C(F)(F)F)cc3CC(C(=O)NCc3ccco3)C2C1. The highest BCUT2D eigenvalue weighted by atomic mass is 19.4. The van der Waals surface area contributed by atoms with E-state index in [1.165, 1.54) is 12.3 Å². The van der Waals surface area contributed by atoms with E-state index in [2.05, 4.69) is 15.1 Å². The van der Waals surface area contributed by atoms with E-state index in [0.29, 0.717) is 31.0 Å². The molecule has 6 nitrogen and oxygen atoms in total. The predicted octanol–water partition coefficient (Wildman–Crippen LogP) is 4.49. The van der Waals surface area contributed by atoms with Crippen LogP contribution in [-0.2, 0) is 23.9 Å². The van der Waals surface area contributed by atoms with Crippen LogP contribution in [-0.4, -0.2) is 38.7 Å². The van der Waals surface area contributed by atoms with E-state index < -0.39 is 17.7 Å². The lowest BCUT2D eigenvalue weighted by molar-refractivity contribution is -0.137. The molecule has 0 spiro atoms. The molecule has 2 atom stereocenters. The van der Waals surface area contributed by atoms with Crippen molar-refractivity contribution in [3.8, 4) is 5.75 Å². The molecule has 0 saturated carbocycles. The number of carbonyl (C=O) groups excluding carboxylic acids is 1. The Morgan fingerprint density at radius 2 is 1.94 bits per heavy atom. The van der Waals surface area contributed by atoms with Crippen molar-refractivity contribution in [3.63, 3.8) is 0 Å². The molecule has 1 fully saturated rings. The van der Waals surface area contributed by atoms with Crippen LogP contribution in [0.25, 0.3) is 0 Å². The Kier molecular flexibility index (Phi) is 6.08. The summed E-state index contributed by atoms with van der Waals surface area (Å²) in [6, 6.07) is 14.9. The van der Waals surface area contributed by atoms with Crippen molar-refractivity contribution < 1.29 is 27.1 Å². The lowest BCUT2D eigenvalue weighted by Crippen LogP contribution is -2.61. The zero-order valence-corrected chi connectivity index (χ0v) is 19.2. The molecular formula is C26H26F3N3O3. The number of benzene rings is 2. The van der Waals surface area contributed by atoms with Crippen LogP contribution >= 0.6 is 0 Å². The van der Waals surface area contributed by atoms with Crippen LogP contribution in [0.2, 0.25) is 0 Å². The average Bonchev–Trinajstić information content (AvgIpc) is 3.39. The molecule has 0 radical (unpaired) electrons. The van der Waals surface area contributed by atoms with Crippen molar-refractivity contribution in [2.75, 3.05) is 36.5 Å². The molecule has 2 aliphatic rings. The van der Waals surface area contributed by atoms with Gasteiger partial charge in [-0.25, -0.2) is 0 Å². The van der Waals surface area contributed by atoms with Gasteiger partial charge in [-0.1, -0.05) is 12.1 Å². The summed E-state index contributed by atoms with van der Waals surface area (Å²) in [5.74, 6) is 0.621. The standard InChI is InChI=1S/C26H26F3N3O3/c1-34-24-7-3-2-6-22(24)31-10-11-32-21-9-8-18(26(27,28)29)13-17(21)14-20(23(32)16-31)25(33)30-15-19-5-4-12-35-19/h2-9,12-13,20,23H,10-11,14-16H2,1H3,(H,30,33). The van der Waals surface area contributed by atoms with Crippen LogP contribution in [0.5, 0.6) is 5.75 Å². The monoisotopic (exact) mass is 485 g/mol. The summed E-state index contributed by atoms with van der Waals surface area (Å²) in [4.78, 5) is 17.6. The number of nitrogens with one attached hydrogen (secondary N) is 1. The maximum atomic E-state index is 13.4. The minimum absolute atomic E-state index is 0.207. The van der Waals surface area contributed by atoms with E-state index in [9.17, 15) is 18.0 Å². The predicted molar refractivity (Wildman–Crippen MR) is 126 cm³/mol. The number of anilines is 2. The van der Waals surface area contributed by atoms with E-state index in [4.69, 9.17) is 9.15 Å². The van der Waals surface area contributed by atoms with Crippen molar-refractivity contribution in [1.29, 1.82) is 0 Å². The van der Waals surface area contributed by atoms with E-state index in [0.717, 1.165) is 23.2 Å². The minimum atomic E-state index is -4.44. The molecule has 2 aromatic carbocycles. The fraction of sp³-hybridized carbons (Fsp3) is 0.346. The van der Waals surface area contributed by atoms with Gasteiger partial charge in [-0.2, -0.15) is 13.2 Å². The molecule has 9 heteroatoms. The summed E-state index contributed by atoms with van der Waals surface area (Å²) in [7, 11) is 1.62. The number of para-hydroxylation sites is 2. The van der Waals surface area contributed by atoms with Gasteiger partial charge in [0.05, 0.1) is 43.1 Å². The molecule has 0 bridgehead atoms. The topological polar surface area (TPSA) is 58.0 Å². The van der Waals surface area contributed by atoms with Crippen molar-refractivity contribution in [2.24, 2.45) is 5.92 Å². The first-order chi connectivity index (χ1) is 16.8. The zero-order chi connectivity index (χ0) is 24.6. The Bertz CT molecular complexity index is 1200. The number of amides is 1. The number of furan rings is 1. The molecule has 1 aromatic heterocycles. The third-order valence-corrected chi connectivity index (χ3v) is 6.82. The second-order valence-electron chi connectivity index (χ2n) is 8.83. The van der Waals surface area contributed by atoms with Gasteiger partial charge in [-0.15, -0.1) is 0 Å². The number of piperazine rings is 1. The lowest BCUT2D eigenvalue weighted by atomic mass is 9.82. The number of alkyl halides is 3. The molecule has 3 aromatic rings. The molecule has 3 heterocycles. The molecule has 1 N–H and O–H groups in total. The summed E-state index contributed by atoms with van der Waals surface area (Å²) in [6.45, 7) is 1.99. The highest BCUT2D eigenvalue weighted by Gasteiger charge is 2.43. The molecule has 2 aliphatic heterocycles. The third kappa shape index (κ3) is 4.54. The van der Waals surface area contributed by atoms with Crippen LogP contribution in [0.1, 0.15) is 16.9 Å². The molecule has 2 unspecified atom stereocenters. The number of carbonyl (C=O) groups is 1. The molecule has 0 aliphatic carbocycles. The van der Waals surface area contributed by atoms with Crippen LogP contribution < -0.4 is 19.9 Å². The Morgan fingerprint density at radius 3 is 2.69 bits per heavy atom. The lowest BCUT2D eigenvalue weighted by Gasteiger charge is -2.49. The summed E-state index contributed by atoms with van der Waals surface area (Å²) < 4.78 is 51.1. The Balaban J connectivity index is 1.46. The van der Waals surface area contributed by atoms with E-state index in [1.54, 1.807) is 25.3 Å². The summed E-state index contributed by atoms with van der Waals surface area (Å²) in [6.07, 6.45) is -2.68. The number of hydrogen-bond acceptors (Lipinski definition) is 5. The minimum Gasteiger partial charge on any atom is -0.495 e. The number of fused-ring (bicyclic) bond motifs is 3. The first-order valence-corrected chi connectivity index (χ1v) is 11.5. The van der Waals surface area contributed by atoms with Crippen molar-refractivity contribution in [2.45, 2.75) is 25.2 Å². The summed E-state index contributed by atoms with van der Waals surface area (Å²) in [5.41, 5.74) is 1.54. The van der Waals surface area contributed by atoms with Gasteiger partial charge in [-0.3, -0.25) is 4.79 Å². The Morgan fingerprint density at radius 1 is 1.11 bits per heavy atom. The average molecular weight is 486 g/mol. The van der Waals surface area contributed by atoms with Crippen molar-refractivity contribution in [1.82, 2.24) is 5.32 Å². The fourth-order valence-electron chi connectivity index (χ4n) is 5.13. The first-order valence-electron chi connectivity index (χ1n) is 11.5. The molecule has 184 valence electrons. The van der Waals surface area contributed by atoms with Crippen LogP contribution in [0.15, 0.2) is 65.3 Å². The number of hydrogen-bond donors (Lipinski definition) is 1. The van der Waals surface area contributed by atoms with Gasteiger partial charge in [0.15, 0.2) is 0 Å². The van der Waals surface area contributed by atoms with Crippen LogP contribution in [0.4, 0.5) is 24.5 Å². The van der Waals surface area contributed by atoms with E-state index in [-0.39, 0.29) is 24.9 Å². The number of halogens is 3. The summed E-state index contributed by atoms with van der Waals surface area (Å²) in [5, 5.41) is 2.92. The summed E-state index contributed by atoms with van der Waals surface area (Å²) >= 11 is 0. The van der Waals surface area contributed by atoms with Crippen molar-refractivity contribution >= 4 is 17.3 Å². The third-order valence-electron chi connectivity index (χ3n) is 6.82. The fourth-order valence-corrected chi connectivity index (χ4v) is 5.13. The highest BCUT2D eigenvalue weighted by molar-refractivity contribution is 5.82. The largest absolute Gasteiger partial charge is 0.495 e. The Labute approximate surface area is 201 Å². The van der Waals surface area contributed by atoms with Gasteiger partial charge in [0, 0.05) is 25.3 Å². The van der Waals surface area contributed by atoms with E-state index >= 15 is 0 Å². The van der Waals surface area contributed by atoms with Gasteiger partial charge >= 0.3 is 6.18 Å². The van der Waals surface area contributed by atoms with Gasteiger partial charge in [-0.05, 0) is 54.4 Å². The van der Waals surface area contributed by atoms with Gasteiger partial charge in [0.2, 0.25) is 5.91 Å². The normalized spacial score (nSPS) is 19.7. The molecule has 35 heavy (non-hydrogen) atoms.